The number of anilines is 1. The number of esters is 1. The van der Waals surface area contributed by atoms with Crippen LogP contribution in [0.15, 0.2) is 133 Å². The molecule has 0 spiro atoms. The zero-order valence-electron chi connectivity index (χ0n) is 37.8. The van der Waals surface area contributed by atoms with E-state index in [0.29, 0.717) is 50.0 Å². The molecule has 6 aromatic rings. The Labute approximate surface area is 389 Å². The summed E-state index contributed by atoms with van der Waals surface area (Å²) in [5.74, 6) is -2.00. The molecule has 0 fully saturated rings. The molecule has 0 bridgehead atoms. The van der Waals surface area contributed by atoms with E-state index in [9.17, 15) is 33.8 Å². The number of aliphatic hydroxyl groups is 2. The van der Waals surface area contributed by atoms with Crippen molar-refractivity contribution in [2.45, 2.75) is 97.2 Å². The van der Waals surface area contributed by atoms with Crippen molar-refractivity contribution in [1.82, 2.24) is 4.57 Å². The number of amides is 1. The van der Waals surface area contributed by atoms with Crippen molar-refractivity contribution in [3.05, 3.63) is 167 Å². The molecular weight excluding hydrogens is 863 g/mol. The summed E-state index contributed by atoms with van der Waals surface area (Å²) in [6.07, 6.45) is -2.72. The number of aliphatic carboxylic acids is 1. The molecule has 66 heavy (non-hydrogen) atoms. The predicted molar refractivity (Wildman–Crippen MR) is 255 cm³/mol. The summed E-state index contributed by atoms with van der Waals surface area (Å²) in [6.45, 7) is 11.1. The number of para-hydroxylation sites is 1. The van der Waals surface area contributed by atoms with Gasteiger partial charge in [0.1, 0.15) is 11.6 Å². The van der Waals surface area contributed by atoms with E-state index in [0.717, 1.165) is 11.3 Å². The summed E-state index contributed by atoms with van der Waals surface area (Å²) in [7, 11) is 0. The first kappa shape index (κ1) is 50.4. The van der Waals surface area contributed by atoms with Crippen LogP contribution in [-0.4, -0.2) is 67.4 Å². The second-order valence-corrected chi connectivity index (χ2v) is 17.3. The first-order valence-corrected chi connectivity index (χ1v) is 22.0. The van der Waals surface area contributed by atoms with E-state index in [2.05, 4.69) is 5.32 Å². The average Bonchev–Trinajstić information content (AvgIpc) is 3.62. The van der Waals surface area contributed by atoms with Crippen molar-refractivity contribution >= 4 is 40.9 Å². The lowest BCUT2D eigenvalue weighted by Crippen LogP contribution is -2.40. The van der Waals surface area contributed by atoms with Crippen molar-refractivity contribution in [1.29, 1.82) is 0 Å². The van der Waals surface area contributed by atoms with Gasteiger partial charge in [0, 0.05) is 39.6 Å². The van der Waals surface area contributed by atoms with Gasteiger partial charge in [0.05, 0.1) is 36.0 Å². The van der Waals surface area contributed by atoms with Gasteiger partial charge in [-0.2, -0.15) is 0 Å². The minimum Gasteiger partial charge on any atom is -0.481 e. The monoisotopic (exact) mass is 918 g/mol. The molecular formula is C53H56ClFN2O9. The molecule has 0 aliphatic carbocycles. The maximum Gasteiger partial charge on any atom is 0.350 e. The number of ether oxygens (including phenoxy) is 2. The van der Waals surface area contributed by atoms with Crippen LogP contribution in [0.1, 0.15) is 98.7 Å². The van der Waals surface area contributed by atoms with Gasteiger partial charge in [-0.25, -0.2) is 9.18 Å². The Morgan fingerprint density at radius 3 is 1.85 bits per heavy atom. The second kappa shape index (κ2) is 23.0. The van der Waals surface area contributed by atoms with E-state index in [-0.39, 0.29) is 48.9 Å². The smallest absolute Gasteiger partial charge is 0.350 e. The first-order chi connectivity index (χ1) is 31.3. The first-order valence-electron chi connectivity index (χ1n) is 21.7. The Bertz CT molecular complexity index is 2560. The van der Waals surface area contributed by atoms with Crippen LogP contribution >= 0.6 is 11.6 Å². The lowest BCUT2D eigenvalue weighted by molar-refractivity contribution is -0.163. The fraction of sp³-hybridized carbons (Fsp3) is 0.283. The third-order valence-corrected chi connectivity index (χ3v) is 10.6. The fourth-order valence-electron chi connectivity index (χ4n) is 7.34. The highest BCUT2D eigenvalue weighted by atomic mass is 35.5. The van der Waals surface area contributed by atoms with E-state index >= 15 is 0 Å². The summed E-state index contributed by atoms with van der Waals surface area (Å²) in [6, 6.07) is 38.1. The van der Waals surface area contributed by atoms with Crippen LogP contribution < -0.4 is 10.1 Å². The van der Waals surface area contributed by atoms with Gasteiger partial charge in [-0.15, -0.1) is 0 Å². The molecule has 0 saturated carbocycles. The van der Waals surface area contributed by atoms with Crippen LogP contribution in [0.25, 0.3) is 22.4 Å². The number of carboxylic acids is 1. The number of nitrogens with zero attached hydrogens (tertiary/aromatic N) is 1. The number of halogens is 2. The zero-order valence-corrected chi connectivity index (χ0v) is 38.6. The Kier molecular flexibility index (Phi) is 17.6. The highest BCUT2D eigenvalue weighted by Crippen LogP contribution is 2.43. The second-order valence-electron chi connectivity index (χ2n) is 16.8. The van der Waals surface area contributed by atoms with Crippen LogP contribution in [0.2, 0.25) is 5.02 Å². The van der Waals surface area contributed by atoms with Gasteiger partial charge in [-0.05, 0) is 143 Å². The molecule has 1 aromatic heterocycles. The van der Waals surface area contributed by atoms with E-state index in [1.165, 1.54) is 12.1 Å². The summed E-state index contributed by atoms with van der Waals surface area (Å²) >= 11 is 5.84. The zero-order chi connectivity index (χ0) is 48.1. The van der Waals surface area contributed by atoms with Crippen LogP contribution in [0.4, 0.5) is 10.1 Å². The fourth-order valence-corrected chi connectivity index (χ4v) is 7.46. The largest absolute Gasteiger partial charge is 0.481 e. The van der Waals surface area contributed by atoms with Crippen molar-refractivity contribution < 1.29 is 48.4 Å². The molecule has 4 N–H and O–H groups in total. The summed E-state index contributed by atoms with van der Waals surface area (Å²) in [5, 5.41) is 33.4. The SMILES string of the molecule is CC(C)OC(=O)C(C)(C)Oc1ccc(C(=O)c2ccc(Cl)cc2)cc1.CC(C)c1c(C(=O)Nc2ccccc2)c(-c2ccccc2)c(-c2ccc(F)cc2)n1CC[C@@H](O)C[C@@H](O)CC(=O)O. The Morgan fingerprint density at radius 2 is 1.30 bits per heavy atom. The molecule has 11 nitrogen and oxygen atoms in total. The summed E-state index contributed by atoms with van der Waals surface area (Å²) in [4.78, 5) is 49.5. The molecule has 6 rings (SSSR count). The molecule has 13 heteroatoms. The van der Waals surface area contributed by atoms with E-state index in [1.54, 1.807) is 88.4 Å². The molecule has 1 amide bonds. The van der Waals surface area contributed by atoms with Crippen molar-refractivity contribution in [3.63, 3.8) is 0 Å². The molecule has 1 heterocycles. The molecule has 0 aliphatic heterocycles. The number of carbonyl (C=O) groups is 4. The number of rotatable bonds is 18. The van der Waals surface area contributed by atoms with Crippen molar-refractivity contribution in [3.8, 4) is 28.1 Å². The number of aromatic nitrogens is 1. The topological polar surface area (TPSA) is 164 Å². The minimum absolute atomic E-state index is 0.0939. The predicted octanol–water partition coefficient (Wildman–Crippen LogP) is 11.0. The quantitative estimate of drug-likeness (QED) is 0.0485. The number of hydrogen-bond donors (Lipinski definition) is 4. The number of aliphatic hydroxyl groups excluding tert-OH is 2. The molecule has 0 saturated heterocycles. The summed E-state index contributed by atoms with van der Waals surface area (Å²) in [5.41, 5.74) is 4.73. The van der Waals surface area contributed by atoms with Crippen LogP contribution in [0, 0.1) is 5.82 Å². The van der Waals surface area contributed by atoms with E-state index in [1.807, 2.05) is 79.1 Å². The van der Waals surface area contributed by atoms with Crippen molar-refractivity contribution in [2.24, 2.45) is 0 Å². The average molecular weight is 919 g/mol. The third-order valence-electron chi connectivity index (χ3n) is 10.4. The standard InChI is InChI=1S/C33H35FN2O5.C20H21ClO4/c1-21(2)31-30(33(41)35-25-11-7-4-8-12-25)29(22-9-5-3-6-10-22)32(23-13-15-24(34)16-14-23)36(31)18-17-26(37)19-27(38)20-28(39)40;1-13(2)24-19(23)20(3,4)25-17-11-7-15(8-12-17)18(22)14-5-9-16(21)10-6-14/h3-16,21,26-27,37-38H,17-20H2,1-2H3,(H,35,41)(H,39,40);5-13H,1-4H3/t26-,27-;/m1./s1. The summed E-state index contributed by atoms with van der Waals surface area (Å²) < 4.78 is 26.9. The van der Waals surface area contributed by atoms with Gasteiger partial charge < -0.3 is 34.7 Å². The molecule has 0 radical (unpaired) electrons. The van der Waals surface area contributed by atoms with Crippen LogP contribution in [-0.2, 0) is 20.9 Å². The van der Waals surface area contributed by atoms with Gasteiger partial charge in [0.15, 0.2) is 11.4 Å². The minimum atomic E-state index is -1.18. The Balaban J connectivity index is 0.000000279. The molecule has 2 atom stereocenters. The lowest BCUT2D eigenvalue weighted by atomic mass is 9.94. The van der Waals surface area contributed by atoms with Gasteiger partial charge in [0.2, 0.25) is 0 Å². The number of benzene rings is 5. The van der Waals surface area contributed by atoms with E-state index in [4.69, 9.17) is 26.2 Å². The van der Waals surface area contributed by atoms with Gasteiger partial charge >= 0.3 is 11.9 Å². The van der Waals surface area contributed by atoms with E-state index < -0.39 is 36.2 Å². The van der Waals surface area contributed by atoms with Crippen molar-refractivity contribution in [2.75, 3.05) is 5.32 Å². The molecule has 5 aromatic carbocycles. The number of carboxylic acid groups (broad SMARTS) is 1. The molecule has 346 valence electrons. The Hall–Kier alpha value is -6.60. The van der Waals surface area contributed by atoms with Crippen LogP contribution in [0.3, 0.4) is 0 Å². The number of carbonyl (C=O) groups excluding carboxylic acids is 3. The number of nitrogens with one attached hydrogen (secondary N) is 1. The Morgan fingerprint density at radius 1 is 0.742 bits per heavy atom. The highest BCUT2D eigenvalue weighted by molar-refractivity contribution is 6.30. The number of ketones is 1. The molecule has 0 unspecified atom stereocenters. The third kappa shape index (κ3) is 13.7. The molecule has 0 aliphatic rings. The maximum absolute atomic E-state index is 14.0. The normalized spacial score (nSPS) is 12.2. The lowest BCUT2D eigenvalue weighted by Gasteiger charge is -2.25. The van der Waals surface area contributed by atoms with Gasteiger partial charge in [-0.1, -0.05) is 74.0 Å². The maximum atomic E-state index is 14.0. The number of hydrogen-bond acceptors (Lipinski definition) is 8. The highest BCUT2D eigenvalue weighted by Gasteiger charge is 2.33. The van der Waals surface area contributed by atoms with Gasteiger partial charge in [0.25, 0.3) is 5.91 Å². The van der Waals surface area contributed by atoms with Crippen LogP contribution in [0.5, 0.6) is 5.75 Å². The van der Waals surface area contributed by atoms with Gasteiger partial charge in [-0.3, -0.25) is 14.4 Å².